The fourth-order valence-electron chi connectivity index (χ4n) is 3.52. The summed E-state index contributed by atoms with van der Waals surface area (Å²) in [5.74, 6) is -1.29. The van der Waals surface area contributed by atoms with Gasteiger partial charge in [0.15, 0.2) is 0 Å². The van der Waals surface area contributed by atoms with Crippen molar-refractivity contribution in [1.82, 2.24) is 10.4 Å². The predicted octanol–water partition coefficient (Wildman–Crippen LogP) is 2.51. The third-order valence-electron chi connectivity index (χ3n) is 5.10. The van der Waals surface area contributed by atoms with Gasteiger partial charge in [-0.25, -0.2) is 5.01 Å². The lowest BCUT2D eigenvalue weighted by atomic mass is 10.0. The number of carboxylic acids is 1. The van der Waals surface area contributed by atoms with Crippen molar-refractivity contribution in [2.75, 3.05) is 7.11 Å². The molecule has 0 aromatic heterocycles. The van der Waals surface area contributed by atoms with E-state index in [-0.39, 0.29) is 16.9 Å². The summed E-state index contributed by atoms with van der Waals surface area (Å²) in [5, 5.41) is 23.2. The van der Waals surface area contributed by atoms with Gasteiger partial charge >= 0.3 is 0 Å². The van der Waals surface area contributed by atoms with Gasteiger partial charge in [-0.1, -0.05) is 36.4 Å². The van der Waals surface area contributed by atoms with Crippen molar-refractivity contribution in [3.05, 3.63) is 101 Å². The van der Waals surface area contributed by atoms with E-state index in [2.05, 4.69) is 5.43 Å². The van der Waals surface area contributed by atoms with E-state index in [1.54, 1.807) is 49.6 Å². The normalized spacial score (nSPS) is 15.2. The highest BCUT2D eigenvalue weighted by Gasteiger charge is 2.33. The number of carbonyl (C=O) groups excluding carboxylic acids is 2. The number of benzene rings is 3. The van der Waals surface area contributed by atoms with E-state index in [0.29, 0.717) is 17.0 Å². The number of aromatic hydroxyl groups is 1. The van der Waals surface area contributed by atoms with E-state index in [1.165, 1.54) is 29.3 Å². The summed E-state index contributed by atoms with van der Waals surface area (Å²) < 4.78 is 5.19. The molecule has 156 valence electrons. The highest BCUT2D eigenvalue weighted by atomic mass is 16.5. The van der Waals surface area contributed by atoms with Crippen LogP contribution in [-0.2, 0) is 0 Å². The Balaban J connectivity index is 1.77. The molecule has 0 radical (unpaired) electrons. The molecule has 0 unspecified atom stereocenters. The van der Waals surface area contributed by atoms with Crippen LogP contribution in [0.15, 0.2) is 78.9 Å². The van der Waals surface area contributed by atoms with Gasteiger partial charge in [0.25, 0.3) is 5.91 Å². The van der Waals surface area contributed by atoms with Crippen LogP contribution in [0.4, 0.5) is 0 Å². The monoisotopic (exact) mass is 415 g/mol. The first-order valence-electron chi connectivity index (χ1n) is 9.54. The zero-order valence-electron chi connectivity index (χ0n) is 16.6. The quantitative estimate of drug-likeness (QED) is 0.664. The topological polar surface area (TPSA) is 102 Å². The van der Waals surface area contributed by atoms with Crippen molar-refractivity contribution in [1.29, 1.82) is 0 Å². The minimum absolute atomic E-state index is 0.0141. The fourth-order valence-corrected chi connectivity index (χ4v) is 3.52. The lowest BCUT2D eigenvalue weighted by molar-refractivity contribution is -0.255. The molecule has 0 saturated carbocycles. The summed E-state index contributed by atoms with van der Waals surface area (Å²) >= 11 is 0. The van der Waals surface area contributed by atoms with E-state index < -0.39 is 17.9 Å². The molecule has 2 N–H and O–H groups in total. The smallest absolute Gasteiger partial charge is 0.273 e. The van der Waals surface area contributed by atoms with Crippen LogP contribution in [0, 0.1) is 0 Å². The van der Waals surface area contributed by atoms with Gasteiger partial charge in [-0.15, -0.1) is 0 Å². The Labute approximate surface area is 178 Å². The number of methoxy groups -OCH3 is 1. The number of nitrogens with zero attached hydrogens (tertiary/aromatic N) is 1. The van der Waals surface area contributed by atoms with Gasteiger partial charge in [0.2, 0.25) is 0 Å². The number of carboxylic acid groups (broad SMARTS) is 1. The van der Waals surface area contributed by atoms with Gasteiger partial charge in [-0.3, -0.25) is 10.2 Å². The zero-order valence-corrected chi connectivity index (χ0v) is 16.6. The van der Waals surface area contributed by atoms with E-state index in [4.69, 9.17) is 4.74 Å². The first-order chi connectivity index (χ1) is 15.0. The lowest BCUT2D eigenvalue weighted by Crippen LogP contribution is -2.40. The van der Waals surface area contributed by atoms with Gasteiger partial charge in [0.05, 0.1) is 24.3 Å². The Morgan fingerprint density at radius 1 is 0.968 bits per heavy atom. The highest BCUT2D eigenvalue weighted by molar-refractivity contribution is 6.04. The Kier molecular flexibility index (Phi) is 5.32. The van der Waals surface area contributed by atoms with Crippen LogP contribution in [0.3, 0.4) is 0 Å². The van der Waals surface area contributed by atoms with Crippen molar-refractivity contribution in [2.24, 2.45) is 0 Å². The number of hydrogen-bond acceptors (Lipinski definition) is 6. The van der Waals surface area contributed by atoms with Crippen LogP contribution >= 0.6 is 0 Å². The average molecular weight is 415 g/mol. The standard InChI is InChI=1S/C24H20N2O5/c1-31-16-12-10-15(11-13-16)20-14-21(19-8-4-5-9-22(19)27)26(25-20)23(28)17-6-2-3-7-18(17)24(29)30/h2-14,21,25,27H,1H3,(H,29,30)/p-1/t21-/m0/s1. The van der Waals surface area contributed by atoms with E-state index in [1.807, 2.05) is 12.1 Å². The van der Waals surface area contributed by atoms with Gasteiger partial charge in [0, 0.05) is 11.1 Å². The molecular weight excluding hydrogens is 396 g/mol. The number of amides is 1. The Bertz CT molecular complexity index is 1170. The number of para-hydroxylation sites is 1. The fraction of sp³-hybridized carbons (Fsp3) is 0.0833. The van der Waals surface area contributed by atoms with Crippen molar-refractivity contribution < 1.29 is 24.5 Å². The third-order valence-corrected chi connectivity index (χ3v) is 5.10. The minimum atomic E-state index is -1.44. The lowest BCUT2D eigenvalue weighted by Gasteiger charge is -2.27. The first-order valence-corrected chi connectivity index (χ1v) is 9.54. The first kappa shape index (κ1) is 20.0. The van der Waals surface area contributed by atoms with Crippen LogP contribution in [-0.4, -0.2) is 29.1 Å². The summed E-state index contributed by atoms with van der Waals surface area (Å²) in [6.07, 6.45) is 1.80. The van der Waals surface area contributed by atoms with Gasteiger partial charge < -0.3 is 19.7 Å². The van der Waals surface area contributed by atoms with Crippen molar-refractivity contribution in [3.63, 3.8) is 0 Å². The number of carbonyl (C=O) groups is 2. The van der Waals surface area contributed by atoms with E-state index >= 15 is 0 Å². The second-order valence-corrected chi connectivity index (χ2v) is 6.93. The average Bonchev–Trinajstić information content (AvgIpc) is 3.24. The number of ether oxygens (including phenoxy) is 1. The number of hydrazine groups is 1. The van der Waals surface area contributed by atoms with Gasteiger partial charge in [-0.2, -0.15) is 0 Å². The highest BCUT2D eigenvalue weighted by Crippen LogP contribution is 2.36. The van der Waals surface area contributed by atoms with Crippen molar-refractivity contribution >= 4 is 17.6 Å². The molecule has 7 heteroatoms. The SMILES string of the molecule is COc1ccc(C2=C[C@@H](c3ccccc3O)N(C(=O)c3ccccc3C(=O)[O-])N2)cc1. The summed E-state index contributed by atoms with van der Waals surface area (Å²) in [4.78, 5) is 24.9. The molecule has 1 aliphatic heterocycles. The molecule has 0 bridgehead atoms. The maximum absolute atomic E-state index is 13.4. The Morgan fingerprint density at radius 3 is 2.26 bits per heavy atom. The molecule has 1 heterocycles. The Morgan fingerprint density at radius 2 is 1.61 bits per heavy atom. The summed E-state index contributed by atoms with van der Waals surface area (Å²) in [5.41, 5.74) is 4.77. The molecule has 0 aliphatic carbocycles. The van der Waals surface area contributed by atoms with Crippen LogP contribution in [0.5, 0.6) is 11.5 Å². The molecule has 31 heavy (non-hydrogen) atoms. The second-order valence-electron chi connectivity index (χ2n) is 6.93. The van der Waals surface area contributed by atoms with E-state index in [9.17, 15) is 19.8 Å². The number of rotatable bonds is 5. The number of nitrogens with one attached hydrogen (secondary N) is 1. The maximum atomic E-state index is 13.4. The van der Waals surface area contributed by atoms with Crippen LogP contribution < -0.4 is 15.3 Å². The van der Waals surface area contributed by atoms with E-state index in [0.717, 1.165) is 5.56 Å². The summed E-state index contributed by atoms with van der Waals surface area (Å²) in [6, 6.07) is 19.2. The molecule has 3 aromatic rings. The molecule has 1 amide bonds. The maximum Gasteiger partial charge on any atom is 0.273 e. The Hall–Kier alpha value is -4.26. The number of phenols is 1. The number of phenolic OH excluding ortho intramolecular Hbond substituents is 1. The molecule has 4 rings (SSSR count). The van der Waals surface area contributed by atoms with Gasteiger partial charge in [-0.05, 0) is 48.0 Å². The van der Waals surface area contributed by atoms with Crippen LogP contribution in [0.1, 0.15) is 37.9 Å². The molecular formula is C24H19N2O5-. The molecule has 0 saturated heterocycles. The van der Waals surface area contributed by atoms with Crippen LogP contribution in [0.25, 0.3) is 5.70 Å². The summed E-state index contributed by atoms with van der Waals surface area (Å²) in [6.45, 7) is 0. The third kappa shape index (κ3) is 3.81. The molecule has 7 nitrogen and oxygen atoms in total. The summed E-state index contributed by atoms with van der Waals surface area (Å²) in [7, 11) is 1.57. The largest absolute Gasteiger partial charge is 0.545 e. The minimum Gasteiger partial charge on any atom is -0.545 e. The number of hydrogen-bond donors (Lipinski definition) is 2. The molecule has 0 spiro atoms. The number of aromatic carboxylic acids is 1. The van der Waals surface area contributed by atoms with Gasteiger partial charge in [0.1, 0.15) is 17.5 Å². The van der Waals surface area contributed by atoms with Crippen molar-refractivity contribution in [2.45, 2.75) is 6.04 Å². The molecule has 1 atom stereocenters. The molecule has 3 aromatic carbocycles. The molecule has 1 aliphatic rings. The van der Waals surface area contributed by atoms with Crippen molar-refractivity contribution in [3.8, 4) is 11.5 Å². The second kappa shape index (κ2) is 8.23. The molecule has 0 fully saturated rings. The predicted molar refractivity (Wildman–Crippen MR) is 112 cm³/mol. The zero-order chi connectivity index (χ0) is 22.0. The van der Waals surface area contributed by atoms with Crippen LogP contribution in [0.2, 0.25) is 0 Å².